The van der Waals surface area contributed by atoms with Gasteiger partial charge in [0.2, 0.25) is 0 Å². The number of hydrogen-bond acceptors (Lipinski definition) is 3. The molecule has 3 rings (SSSR count). The van der Waals surface area contributed by atoms with Gasteiger partial charge in [-0.3, -0.25) is 4.79 Å². The molecule has 4 nitrogen and oxygen atoms in total. The maximum Gasteiger partial charge on any atom is 0.266 e. The van der Waals surface area contributed by atoms with Crippen LogP contribution in [0.15, 0.2) is 76.8 Å². The maximum atomic E-state index is 12.6. The van der Waals surface area contributed by atoms with Crippen molar-refractivity contribution in [3.05, 3.63) is 97.9 Å². The van der Waals surface area contributed by atoms with Gasteiger partial charge >= 0.3 is 0 Å². The number of anilines is 1. The van der Waals surface area contributed by atoms with E-state index in [0.29, 0.717) is 33.7 Å². The molecule has 0 fully saturated rings. The van der Waals surface area contributed by atoms with Gasteiger partial charge in [-0.15, -0.1) is 0 Å². The molecule has 150 valence electrons. The molecule has 0 spiro atoms. The molecule has 3 aromatic carbocycles. The molecule has 3 aromatic rings. The minimum atomic E-state index is -0.565. The summed E-state index contributed by atoms with van der Waals surface area (Å²) in [6.45, 7) is 0.362. The highest BCUT2D eigenvalue weighted by molar-refractivity contribution is 9.10. The van der Waals surface area contributed by atoms with Gasteiger partial charge in [-0.05, 0) is 48.0 Å². The minimum absolute atomic E-state index is 0.0799. The smallest absolute Gasteiger partial charge is 0.266 e. The van der Waals surface area contributed by atoms with E-state index in [4.69, 9.17) is 27.9 Å². The first kappa shape index (κ1) is 21.9. The Kier molecular flexibility index (Phi) is 7.53. The molecule has 0 aromatic heterocycles. The third-order valence-electron chi connectivity index (χ3n) is 4.05. The molecular formula is C23H15BrCl2N2O2. The van der Waals surface area contributed by atoms with E-state index < -0.39 is 5.91 Å². The largest absolute Gasteiger partial charge is 0.488 e. The van der Waals surface area contributed by atoms with Crippen LogP contribution < -0.4 is 10.1 Å². The van der Waals surface area contributed by atoms with Crippen LogP contribution in [0, 0.1) is 11.3 Å². The number of hydrogen-bond donors (Lipinski definition) is 1. The normalized spacial score (nSPS) is 10.9. The van der Waals surface area contributed by atoms with E-state index in [2.05, 4.69) is 21.2 Å². The molecule has 0 bridgehead atoms. The molecule has 0 unspecified atom stereocenters. The quantitative estimate of drug-likeness (QED) is 0.295. The second-order valence-corrected chi connectivity index (χ2v) is 7.94. The van der Waals surface area contributed by atoms with Crippen LogP contribution in [0.3, 0.4) is 0 Å². The summed E-state index contributed by atoms with van der Waals surface area (Å²) in [5, 5.41) is 12.9. The SMILES string of the molecule is N#C/C(=C/c1cc(Br)ccc1OCc1ccccc1)C(=O)Nc1ccc(Cl)c(Cl)c1. The number of carbonyl (C=O) groups is 1. The molecule has 0 radical (unpaired) electrons. The number of nitriles is 1. The van der Waals surface area contributed by atoms with Crippen LogP contribution in [0.5, 0.6) is 5.75 Å². The van der Waals surface area contributed by atoms with Crippen molar-refractivity contribution in [3.8, 4) is 11.8 Å². The van der Waals surface area contributed by atoms with Crippen LogP contribution in [0.2, 0.25) is 10.0 Å². The molecule has 0 saturated carbocycles. The topological polar surface area (TPSA) is 62.1 Å². The summed E-state index contributed by atoms with van der Waals surface area (Å²) in [7, 11) is 0. The van der Waals surface area contributed by atoms with Crippen molar-refractivity contribution >= 4 is 56.8 Å². The fraction of sp³-hybridized carbons (Fsp3) is 0.0435. The zero-order chi connectivity index (χ0) is 21.5. The van der Waals surface area contributed by atoms with Crippen molar-refractivity contribution < 1.29 is 9.53 Å². The van der Waals surface area contributed by atoms with Crippen LogP contribution >= 0.6 is 39.1 Å². The summed E-state index contributed by atoms with van der Waals surface area (Å²) >= 11 is 15.3. The number of rotatable bonds is 6. The summed E-state index contributed by atoms with van der Waals surface area (Å²) in [6.07, 6.45) is 1.48. The molecule has 1 amide bonds. The summed E-state index contributed by atoms with van der Waals surface area (Å²) in [5.74, 6) is -0.0120. The number of nitrogens with zero attached hydrogens (tertiary/aromatic N) is 1. The number of nitrogens with one attached hydrogen (secondary N) is 1. The van der Waals surface area contributed by atoms with Gasteiger partial charge in [0.05, 0.1) is 10.0 Å². The summed E-state index contributed by atoms with van der Waals surface area (Å²) in [5.41, 5.74) is 1.96. The standard InChI is InChI=1S/C23H15BrCl2N2O2/c24-18-6-9-22(30-14-15-4-2-1-3-5-15)16(11-18)10-17(13-27)23(29)28-19-7-8-20(25)21(26)12-19/h1-12H,14H2,(H,28,29)/b17-10-. The summed E-state index contributed by atoms with van der Waals surface area (Å²) in [4.78, 5) is 12.6. The number of ether oxygens (including phenoxy) is 1. The Hall–Kier alpha value is -2.78. The van der Waals surface area contributed by atoms with Crippen molar-refractivity contribution in [2.45, 2.75) is 6.61 Å². The maximum absolute atomic E-state index is 12.6. The minimum Gasteiger partial charge on any atom is -0.488 e. The van der Waals surface area contributed by atoms with Crippen molar-refractivity contribution in [3.63, 3.8) is 0 Å². The fourth-order valence-electron chi connectivity index (χ4n) is 2.58. The van der Waals surface area contributed by atoms with Crippen LogP contribution in [0.25, 0.3) is 6.08 Å². The number of halogens is 3. The van der Waals surface area contributed by atoms with E-state index in [1.807, 2.05) is 42.5 Å². The Morgan fingerprint density at radius 3 is 2.53 bits per heavy atom. The lowest BCUT2D eigenvalue weighted by Crippen LogP contribution is -2.13. The van der Waals surface area contributed by atoms with Gasteiger partial charge in [-0.1, -0.05) is 69.5 Å². The van der Waals surface area contributed by atoms with Crippen molar-refractivity contribution in [1.82, 2.24) is 0 Å². The zero-order valence-corrected chi connectivity index (χ0v) is 18.6. The van der Waals surface area contributed by atoms with Crippen molar-refractivity contribution in [2.24, 2.45) is 0 Å². The average Bonchev–Trinajstić information content (AvgIpc) is 2.74. The van der Waals surface area contributed by atoms with Gasteiger partial charge in [0.15, 0.2) is 0 Å². The Labute approximate surface area is 192 Å². The van der Waals surface area contributed by atoms with Crippen molar-refractivity contribution in [1.29, 1.82) is 5.26 Å². The average molecular weight is 502 g/mol. The number of benzene rings is 3. The lowest BCUT2D eigenvalue weighted by molar-refractivity contribution is -0.112. The van der Waals surface area contributed by atoms with Crippen molar-refractivity contribution in [2.75, 3.05) is 5.32 Å². The fourth-order valence-corrected chi connectivity index (χ4v) is 3.25. The van der Waals surface area contributed by atoms with E-state index >= 15 is 0 Å². The lowest BCUT2D eigenvalue weighted by Gasteiger charge is -2.11. The van der Waals surface area contributed by atoms with Crippen LogP contribution in [-0.4, -0.2) is 5.91 Å². The van der Waals surface area contributed by atoms with Gasteiger partial charge in [0.25, 0.3) is 5.91 Å². The predicted octanol–water partition coefficient (Wildman–Crippen LogP) is 6.88. The van der Waals surface area contributed by atoms with Gasteiger partial charge in [0, 0.05) is 15.7 Å². The third kappa shape index (κ3) is 5.87. The highest BCUT2D eigenvalue weighted by Gasteiger charge is 2.13. The first-order valence-electron chi connectivity index (χ1n) is 8.81. The second-order valence-electron chi connectivity index (χ2n) is 6.21. The number of amides is 1. The molecule has 7 heteroatoms. The first-order valence-corrected chi connectivity index (χ1v) is 10.4. The van der Waals surface area contributed by atoms with E-state index in [0.717, 1.165) is 10.0 Å². The van der Waals surface area contributed by atoms with Crippen LogP contribution in [-0.2, 0) is 11.4 Å². The van der Waals surface area contributed by atoms with Gasteiger partial charge < -0.3 is 10.1 Å². The molecule has 30 heavy (non-hydrogen) atoms. The Bertz CT molecular complexity index is 1140. The molecule has 0 heterocycles. The molecular weight excluding hydrogens is 487 g/mol. The zero-order valence-electron chi connectivity index (χ0n) is 15.5. The van der Waals surface area contributed by atoms with Crippen LogP contribution in [0.1, 0.15) is 11.1 Å². The first-order chi connectivity index (χ1) is 14.5. The Balaban J connectivity index is 1.83. The molecule has 0 aliphatic carbocycles. The highest BCUT2D eigenvalue weighted by atomic mass is 79.9. The molecule has 1 N–H and O–H groups in total. The lowest BCUT2D eigenvalue weighted by atomic mass is 10.1. The van der Waals surface area contributed by atoms with E-state index in [-0.39, 0.29) is 5.57 Å². The van der Waals surface area contributed by atoms with Gasteiger partial charge in [0.1, 0.15) is 24.0 Å². The van der Waals surface area contributed by atoms with Crippen LogP contribution in [0.4, 0.5) is 5.69 Å². The van der Waals surface area contributed by atoms with E-state index in [9.17, 15) is 10.1 Å². The second kappa shape index (κ2) is 10.3. The monoisotopic (exact) mass is 500 g/mol. The predicted molar refractivity (Wildman–Crippen MR) is 124 cm³/mol. The molecule has 0 saturated heterocycles. The Morgan fingerprint density at radius 1 is 1.07 bits per heavy atom. The molecule has 0 aliphatic rings. The van der Waals surface area contributed by atoms with Gasteiger partial charge in [-0.2, -0.15) is 5.26 Å². The van der Waals surface area contributed by atoms with E-state index in [1.54, 1.807) is 24.3 Å². The molecule has 0 aliphatic heterocycles. The summed E-state index contributed by atoms with van der Waals surface area (Å²) in [6, 6.07) is 21.7. The summed E-state index contributed by atoms with van der Waals surface area (Å²) < 4.78 is 6.71. The number of carbonyl (C=O) groups excluding carboxylic acids is 1. The third-order valence-corrected chi connectivity index (χ3v) is 5.28. The Morgan fingerprint density at radius 2 is 1.83 bits per heavy atom. The molecule has 0 atom stereocenters. The van der Waals surface area contributed by atoms with E-state index in [1.165, 1.54) is 12.1 Å². The highest BCUT2D eigenvalue weighted by Crippen LogP contribution is 2.28. The van der Waals surface area contributed by atoms with Gasteiger partial charge in [-0.25, -0.2) is 0 Å².